The van der Waals surface area contributed by atoms with Crippen molar-refractivity contribution in [3.8, 4) is 17.3 Å². The van der Waals surface area contributed by atoms with Gasteiger partial charge < -0.3 is 5.32 Å². The van der Waals surface area contributed by atoms with E-state index < -0.39 is 0 Å². The highest BCUT2D eigenvalue weighted by Crippen LogP contribution is 2.29. The summed E-state index contributed by atoms with van der Waals surface area (Å²) in [4.78, 5) is 21.5. The molecule has 0 aliphatic rings. The number of anilines is 1. The summed E-state index contributed by atoms with van der Waals surface area (Å²) in [7, 11) is 0. The fourth-order valence-corrected chi connectivity index (χ4v) is 5.14. The van der Waals surface area contributed by atoms with Crippen molar-refractivity contribution in [1.82, 2.24) is 9.97 Å². The Balaban J connectivity index is 1.37. The lowest BCUT2D eigenvalue weighted by Crippen LogP contribution is -2.12. The molecule has 32 heavy (non-hydrogen) atoms. The SMILES string of the molecule is Cc1nc(SCCC(=O)Nc2nc(-c3ccc4ccccc4c3)cs2)c(C#N)c(C)c1C. The van der Waals surface area contributed by atoms with Gasteiger partial charge in [0.25, 0.3) is 0 Å². The van der Waals surface area contributed by atoms with Gasteiger partial charge >= 0.3 is 0 Å². The number of hydrogen-bond donors (Lipinski definition) is 1. The molecule has 0 aliphatic carbocycles. The molecule has 7 heteroatoms. The van der Waals surface area contributed by atoms with Crippen molar-refractivity contribution in [2.75, 3.05) is 11.1 Å². The number of hydrogen-bond acceptors (Lipinski definition) is 6. The minimum Gasteiger partial charge on any atom is -0.302 e. The van der Waals surface area contributed by atoms with Crippen LogP contribution in [0, 0.1) is 32.1 Å². The van der Waals surface area contributed by atoms with Crippen LogP contribution in [0.4, 0.5) is 5.13 Å². The molecule has 4 aromatic rings. The summed E-state index contributed by atoms with van der Waals surface area (Å²) in [5.74, 6) is 0.439. The molecule has 0 atom stereocenters. The van der Waals surface area contributed by atoms with Crippen LogP contribution in [-0.4, -0.2) is 21.6 Å². The molecule has 2 aromatic heterocycles. The Morgan fingerprint density at radius 2 is 1.88 bits per heavy atom. The zero-order valence-electron chi connectivity index (χ0n) is 18.1. The fourth-order valence-electron chi connectivity index (χ4n) is 3.38. The van der Waals surface area contributed by atoms with Crippen molar-refractivity contribution in [3.63, 3.8) is 0 Å². The third-order valence-corrected chi connectivity index (χ3v) is 7.17. The molecule has 0 aliphatic heterocycles. The van der Waals surface area contributed by atoms with Crippen LogP contribution in [0.5, 0.6) is 0 Å². The Bertz CT molecular complexity index is 1350. The van der Waals surface area contributed by atoms with Crippen LogP contribution < -0.4 is 5.32 Å². The van der Waals surface area contributed by atoms with Gasteiger partial charge in [-0.1, -0.05) is 36.4 Å². The Labute approximate surface area is 195 Å². The first-order valence-corrected chi connectivity index (χ1v) is 12.1. The van der Waals surface area contributed by atoms with Gasteiger partial charge in [-0.05, 0) is 48.7 Å². The Hall–Kier alpha value is -3.21. The molecule has 0 radical (unpaired) electrons. The van der Waals surface area contributed by atoms with Crippen molar-refractivity contribution in [3.05, 3.63) is 70.2 Å². The summed E-state index contributed by atoms with van der Waals surface area (Å²) in [5.41, 5.74) is 5.37. The third kappa shape index (κ3) is 4.67. The number of fused-ring (bicyclic) bond motifs is 1. The molecule has 0 spiro atoms. The van der Waals surface area contributed by atoms with E-state index in [2.05, 4.69) is 45.6 Å². The van der Waals surface area contributed by atoms with Gasteiger partial charge in [0.15, 0.2) is 5.13 Å². The van der Waals surface area contributed by atoms with Gasteiger partial charge in [0.1, 0.15) is 11.1 Å². The summed E-state index contributed by atoms with van der Waals surface area (Å²) in [6.45, 7) is 5.85. The molecular weight excluding hydrogens is 436 g/mol. The zero-order chi connectivity index (χ0) is 22.7. The first-order chi connectivity index (χ1) is 15.5. The van der Waals surface area contributed by atoms with Gasteiger partial charge in [0.2, 0.25) is 5.91 Å². The topological polar surface area (TPSA) is 78.7 Å². The van der Waals surface area contributed by atoms with E-state index in [0.717, 1.165) is 33.5 Å². The van der Waals surface area contributed by atoms with Crippen LogP contribution in [0.25, 0.3) is 22.0 Å². The Morgan fingerprint density at radius 3 is 2.66 bits per heavy atom. The number of carbonyl (C=O) groups excluding carboxylic acids is 1. The quantitative estimate of drug-likeness (QED) is 0.344. The number of thiazole rings is 1. The number of rotatable bonds is 6. The van der Waals surface area contributed by atoms with E-state index in [1.165, 1.54) is 28.5 Å². The largest absolute Gasteiger partial charge is 0.302 e. The molecule has 1 N–H and O–H groups in total. The molecule has 5 nitrogen and oxygen atoms in total. The first-order valence-electron chi connectivity index (χ1n) is 10.2. The maximum Gasteiger partial charge on any atom is 0.226 e. The second-order valence-electron chi connectivity index (χ2n) is 7.49. The van der Waals surface area contributed by atoms with Crippen LogP contribution in [0.15, 0.2) is 52.9 Å². The number of aryl methyl sites for hydroxylation is 1. The van der Waals surface area contributed by atoms with E-state index in [4.69, 9.17) is 0 Å². The summed E-state index contributed by atoms with van der Waals surface area (Å²) in [5, 5.41) is 17.9. The molecule has 0 saturated carbocycles. The standard InChI is InChI=1S/C25H22N4OS2/c1-15-16(2)21(13-26)24(27-17(15)3)31-11-10-23(30)29-25-28-22(14-32-25)20-9-8-18-6-4-5-7-19(18)12-20/h4-9,12,14H,10-11H2,1-3H3,(H,28,29,30). The minimum absolute atomic E-state index is 0.101. The van der Waals surface area contributed by atoms with Crippen molar-refractivity contribution in [2.45, 2.75) is 32.2 Å². The first kappa shape index (κ1) is 22.0. The van der Waals surface area contributed by atoms with Gasteiger partial charge in [-0.15, -0.1) is 23.1 Å². The molecule has 0 fully saturated rings. The number of pyridine rings is 1. The average Bonchev–Trinajstić information content (AvgIpc) is 3.25. The number of nitrogens with zero attached hydrogens (tertiary/aromatic N) is 3. The van der Waals surface area contributed by atoms with E-state index in [0.29, 0.717) is 27.9 Å². The molecule has 160 valence electrons. The lowest BCUT2D eigenvalue weighted by Gasteiger charge is -2.10. The van der Waals surface area contributed by atoms with Crippen molar-refractivity contribution >= 4 is 44.9 Å². The molecule has 0 bridgehead atoms. The van der Waals surface area contributed by atoms with Gasteiger partial charge in [-0.25, -0.2) is 9.97 Å². The Kier molecular flexibility index (Phi) is 6.54. The van der Waals surface area contributed by atoms with Gasteiger partial charge in [-0.2, -0.15) is 5.26 Å². The number of thioether (sulfide) groups is 1. The van der Waals surface area contributed by atoms with Crippen LogP contribution in [0.3, 0.4) is 0 Å². The molecule has 2 heterocycles. The van der Waals surface area contributed by atoms with Crippen molar-refractivity contribution in [1.29, 1.82) is 5.26 Å². The predicted molar refractivity (Wildman–Crippen MR) is 132 cm³/mol. The molecule has 4 rings (SSSR count). The normalized spacial score (nSPS) is 10.8. The maximum atomic E-state index is 12.4. The summed E-state index contributed by atoms with van der Waals surface area (Å²) >= 11 is 2.85. The van der Waals surface area contributed by atoms with E-state index in [9.17, 15) is 10.1 Å². The van der Waals surface area contributed by atoms with Crippen molar-refractivity contribution in [2.24, 2.45) is 0 Å². The molecule has 0 saturated heterocycles. The highest BCUT2D eigenvalue weighted by Gasteiger charge is 2.14. The lowest BCUT2D eigenvalue weighted by atomic mass is 10.1. The fraction of sp³-hybridized carbons (Fsp3) is 0.200. The molecule has 2 aromatic carbocycles. The van der Waals surface area contributed by atoms with Gasteiger partial charge in [0.05, 0.1) is 11.3 Å². The Morgan fingerprint density at radius 1 is 1.09 bits per heavy atom. The van der Waals surface area contributed by atoms with Crippen LogP contribution >= 0.6 is 23.1 Å². The third-order valence-electron chi connectivity index (χ3n) is 5.44. The predicted octanol–water partition coefficient (Wildman–Crippen LogP) is 6.28. The minimum atomic E-state index is -0.101. The summed E-state index contributed by atoms with van der Waals surface area (Å²) in [6.07, 6.45) is 0.314. The number of benzene rings is 2. The van der Waals surface area contributed by atoms with Gasteiger partial charge in [-0.3, -0.25) is 4.79 Å². The number of amides is 1. The molecular formula is C25H22N4OS2. The summed E-state index contributed by atoms with van der Waals surface area (Å²) < 4.78 is 0. The second kappa shape index (κ2) is 9.51. The van der Waals surface area contributed by atoms with E-state index in [-0.39, 0.29) is 5.91 Å². The van der Waals surface area contributed by atoms with Crippen LogP contribution in [0.2, 0.25) is 0 Å². The summed E-state index contributed by atoms with van der Waals surface area (Å²) in [6, 6.07) is 16.7. The number of aromatic nitrogens is 2. The highest BCUT2D eigenvalue weighted by atomic mass is 32.2. The van der Waals surface area contributed by atoms with E-state index in [1.54, 1.807) is 0 Å². The van der Waals surface area contributed by atoms with Crippen LogP contribution in [0.1, 0.15) is 28.8 Å². The number of nitrogens with one attached hydrogen (secondary N) is 1. The monoisotopic (exact) mass is 458 g/mol. The second-order valence-corrected chi connectivity index (χ2v) is 9.43. The van der Waals surface area contributed by atoms with Gasteiger partial charge in [0, 0.05) is 28.8 Å². The highest BCUT2D eigenvalue weighted by molar-refractivity contribution is 7.99. The lowest BCUT2D eigenvalue weighted by molar-refractivity contribution is -0.115. The smallest absolute Gasteiger partial charge is 0.226 e. The maximum absolute atomic E-state index is 12.4. The van der Waals surface area contributed by atoms with Crippen molar-refractivity contribution < 1.29 is 4.79 Å². The molecule has 1 amide bonds. The number of carbonyl (C=O) groups is 1. The van der Waals surface area contributed by atoms with E-state index in [1.807, 2.05) is 44.4 Å². The van der Waals surface area contributed by atoms with E-state index >= 15 is 0 Å². The molecule has 0 unspecified atom stereocenters. The zero-order valence-corrected chi connectivity index (χ0v) is 19.7. The van der Waals surface area contributed by atoms with Crippen LogP contribution in [-0.2, 0) is 4.79 Å². The average molecular weight is 459 g/mol. The number of nitriles is 1.